The first kappa shape index (κ1) is 15.9. The quantitative estimate of drug-likeness (QED) is 0.812. The van der Waals surface area contributed by atoms with E-state index in [9.17, 15) is 9.59 Å². The number of aliphatic imine (C=N–C) groups is 1. The van der Waals surface area contributed by atoms with Gasteiger partial charge in [-0.3, -0.25) is 9.79 Å². The van der Waals surface area contributed by atoms with Gasteiger partial charge in [0.15, 0.2) is 0 Å². The maximum Gasteiger partial charge on any atom is 0.335 e. The number of anilines is 1. The Morgan fingerprint density at radius 3 is 2.35 bits per heavy atom. The van der Waals surface area contributed by atoms with Crippen LogP contribution >= 0.6 is 0 Å². The van der Waals surface area contributed by atoms with Gasteiger partial charge in [0.05, 0.1) is 5.56 Å². The number of nitrogens with zero attached hydrogens (tertiary/aromatic N) is 1. The smallest absolute Gasteiger partial charge is 0.335 e. The number of aromatic carboxylic acids is 1. The van der Waals surface area contributed by atoms with Crippen LogP contribution < -0.4 is 5.32 Å². The van der Waals surface area contributed by atoms with Crippen molar-refractivity contribution >= 4 is 23.8 Å². The van der Waals surface area contributed by atoms with E-state index < -0.39 is 5.97 Å². The first-order chi connectivity index (χ1) is 9.28. The molecule has 5 nitrogen and oxygen atoms in total. The largest absolute Gasteiger partial charge is 0.478 e. The Morgan fingerprint density at radius 1 is 1.25 bits per heavy atom. The van der Waals surface area contributed by atoms with Crippen molar-refractivity contribution in [1.29, 1.82) is 0 Å². The van der Waals surface area contributed by atoms with Crippen molar-refractivity contribution in [1.82, 2.24) is 0 Å². The lowest BCUT2D eigenvalue weighted by Crippen LogP contribution is -2.15. The molecule has 0 saturated carbocycles. The molecule has 0 atom stereocenters. The highest BCUT2D eigenvalue weighted by Crippen LogP contribution is 2.16. The molecular weight excluding hydrogens is 256 g/mol. The minimum absolute atomic E-state index is 0.0662. The average Bonchev–Trinajstić information content (AvgIpc) is 2.34. The normalized spacial score (nSPS) is 11.6. The third kappa shape index (κ3) is 6.13. The fourth-order valence-corrected chi connectivity index (χ4v) is 1.38. The highest BCUT2D eigenvalue weighted by atomic mass is 16.4. The second-order valence-corrected chi connectivity index (χ2v) is 5.72. The van der Waals surface area contributed by atoms with E-state index in [1.165, 1.54) is 12.1 Å². The van der Waals surface area contributed by atoms with Gasteiger partial charge in [-0.15, -0.1) is 0 Å². The van der Waals surface area contributed by atoms with Gasteiger partial charge in [0.1, 0.15) is 6.54 Å². The summed E-state index contributed by atoms with van der Waals surface area (Å²) in [6.07, 6.45) is 2.57. The zero-order valence-electron chi connectivity index (χ0n) is 12.0. The highest BCUT2D eigenvalue weighted by Gasteiger charge is 2.07. The first-order valence-electron chi connectivity index (χ1n) is 6.39. The molecule has 0 heterocycles. The summed E-state index contributed by atoms with van der Waals surface area (Å²) in [5.41, 5.74) is 0.907. The molecule has 0 aromatic heterocycles. The summed E-state index contributed by atoms with van der Waals surface area (Å²) in [7, 11) is 0. The Morgan fingerprint density at radius 2 is 1.85 bits per heavy atom. The number of carboxylic acid groups (broad SMARTS) is 1. The summed E-state index contributed by atoms with van der Waals surface area (Å²) < 4.78 is 0. The number of nitrogens with one attached hydrogen (secondary N) is 1. The third-order valence-corrected chi connectivity index (χ3v) is 2.48. The number of carboxylic acids is 1. The van der Waals surface area contributed by atoms with Gasteiger partial charge < -0.3 is 10.4 Å². The van der Waals surface area contributed by atoms with Gasteiger partial charge in [0.2, 0.25) is 5.91 Å². The summed E-state index contributed by atoms with van der Waals surface area (Å²) >= 11 is 0. The van der Waals surface area contributed by atoms with E-state index in [0.29, 0.717) is 5.69 Å². The second kappa shape index (κ2) is 6.84. The van der Waals surface area contributed by atoms with Gasteiger partial charge in [-0.05, 0) is 42.3 Å². The van der Waals surface area contributed by atoms with Crippen molar-refractivity contribution in [3.63, 3.8) is 0 Å². The summed E-state index contributed by atoms with van der Waals surface area (Å²) in [6.45, 7) is 6.37. The van der Waals surface area contributed by atoms with E-state index in [4.69, 9.17) is 5.11 Å². The van der Waals surface area contributed by atoms with E-state index in [2.05, 4.69) is 31.1 Å². The van der Waals surface area contributed by atoms with E-state index in [0.717, 1.165) is 6.42 Å². The molecule has 2 N–H and O–H groups in total. The Labute approximate surface area is 118 Å². The molecule has 108 valence electrons. The van der Waals surface area contributed by atoms with Gasteiger partial charge in [-0.1, -0.05) is 20.8 Å². The van der Waals surface area contributed by atoms with Crippen LogP contribution in [-0.2, 0) is 4.79 Å². The molecule has 0 aliphatic rings. The second-order valence-electron chi connectivity index (χ2n) is 5.72. The number of rotatable bonds is 5. The number of carbonyl (C=O) groups is 2. The number of benzene rings is 1. The summed E-state index contributed by atoms with van der Waals surface area (Å²) in [6, 6.07) is 6.00. The zero-order valence-corrected chi connectivity index (χ0v) is 12.0. The van der Waals surface area contributed by atoms with Crippen LogP contribution in [0.1, 0.15) is 37.6 Å². The van der Waals surface area contributed by atoms with Crippen molar-refractivity contribution in [2.45, 2.75) is 27.2 Å². The SMILES string of the molecule is CC(C)(C)C/C=N/CC(=O)Nc1ccc(C(=O)O)cc1. The molecule has 0 fully saturated rings. The minimum Gasteiger partial charge on any atom is -0.478 e. The Bertz CT molecular complexity index is 499. The molecule has 0 bridgehead atoms. The fraction of sp³-hybridized carbons (Fsp3) is 0.400. The molecule has 1 amide bonds. The molecule has 0 radical (unpaired) electrons. The molecule has 0 saturated heterocycles. The van der Waals surface area contributed by atoms with Crippen LogP contribution in [0.4, 0.5) is 5.69 Å². The average molecular weight is 276 g/mol. The molecule has 1 rings (SSSR count). The number of amides is 1. The van der Waals surface area contributed by atoms with Crippen molar-refractivity contribution < 1.29 is 14.7 Å². The molecule has 5 heteroatoms. The van der Waals surface area contributed by atoms with Crippen LogP contribution in [0.3, 0.4) is 0 Å². The maximum absolute atomic E-state index is 11.6. The lowest BCUT2D eigenvalue weighted by molar-refractivity contribution is -0.114. The summed E-state index contributed by atoms with van der Waals surface area (Å²) in [5.74, 6) is -1.21. The van der Waals surface area contributed by atoms with Gasteiger partial charge in [-0.2, -0.15) is 0 Å². The molecular formula is C15H20N2O3. The molecule has 0 aliphatic carbocycles. The molecule has 1 aromatic rings. The van der Waals surface area contributed by atoms with Crippen molar-refractivity contribution in [2.75, 3.05) is 11.9 Å². The Hall–Kier alpha value is -2.17. The molecule has 20 heavy (non-hydrogen) atoms. The topological polar surface area (TPSA) is 78.8 Å². The standard InChI is InChI=1S/C15H20N2O3/c1-15(2,3)8-9-16-10-13(18)17-12-6-4-11(5-7-12)14(19)20/h4-7,9H,8,10H2,1-3H3,(H,17,18)(H,19,20)/b16-9+. The van der Waals surface area contributed by atoms with Gasteiger partial charge in [0, 0.05) is 5.69 Å². The number of hydrogen-bond acceptors (Lipinski definition) is 3. The lowest BCUT2D eigenvalue weighted by atomic mass is 9.93. The monoisotopic (exact) mass is 276 g/mol. The highest BCUT2D eigenvalue weighted by molar-refractivity contribution is 5.94. The van der Waals surface area contributed by atoms with Crippen LogP contribution in [0.5, 0.6) is 0 Å². The van der Waals surface area contributed by atoms with Gasteiger partial charge in [0.25, 0.3) is 0 Å². The van der Waals surface area contributed by atoms with E-state index in [1.54, 1.807) is 18.3 Å². The van der Waals surface area contributed by atoms with Crippen LogP contribution in [0, 0.1) is 5.41 Å². The van der Waals surface area contributed by atoms with E-state index in [1.807, 2.05) is 0 Å². The molecule has 0 spiro atoms. The summed E-state index contributed by atoms with van der Waals surface area (Å²) in [5, 5.41) is 11.4. The van der Waals surface area contributed by atoms with Crippen molar-refractivity contribution in [3.8, 4) is 0 Å². The number of hydrogen-bond donors (Lipinski definition) is 2. The van der Waals surface area contributed by atoms with Crippen LogP contribution in [0.25, 0.3) is 0 Å². The third-order valence-electron chi connectivity index (χ3n) is 2.48. The molecule has 0 unspecified atom stereocenters. The van der Waals surface area contributed by atoms with E-state index in [-0.39, 0.29) is 23.4 Å². The minimum atomic E-state index is -0.991. The van der Waals surface area contributed by atoms with E-state index >= 15 is 0 Å². The predicted octanol–water partition coefficient (Wildman–Crippen LogP) is 2.83. The van der Waals surface area contributed by atoms with Crippen molar-refractivity contribution in [2.24, 2.45) is 10.4 Å². The first-order valence-corrected chi connectivity index (χ1v) is 6.39. The predicted molar refractivity (Wildman–Crippen MR) is 79.5 cm³/mol. The lowest BCUT2D eigenvalue weighted by Gasteiger charge is -2.13. The van der Waals surface area contributed by atoms with Crippen molar-refractivity contribution in [3.05, 3.63) is 29.8 Å². The number of carbonyl (C=O) groups excluding carboxylic acids is 1. The van der Waals surface area contributed by atoms with Crippen LogP contribution in [-0.4, -0.2) is 29.7 Å². The maximum atomic E-state index is 11.6. The van der Waals surface area contributed by atoms with Crippen LogP contribution in [0.2, 0.25) is 0 Å². The summed E-state index contributed by atoms with van der Waals surface area (Å²) in [4.78, 5) is 26.4. The van der Waals surface area contributed by atoms with Crippen LogP contribution in [0.15, 0.2) is 29.3 Å². The Balaban J connectivity index is 2.44. The molecule has 0 aliphatic heterocycles. The fourth-order valence-electron chi connectivity index (χ4n) is 1.38. The Kier molecular flexibility index (Phi) is 5.43. The van der Waals surface area contributed by atoms with Gasteiger partial charge >= 0.3 is 5.97 Å². The van der Waals surface area contributed by atoms with Gasteiger partial charge in [-0.25, -0.2) is 4.79 Å². The molecule has 1 aromatic carbocycles. The zero-order chi connectivity index (χ0) is 15.2.